The van der Waals surface area contributed by atoms with E-state index in [2.05, 4.69) is 22.0 Å². The zero-order valence-electron chi connectivity index (χ0n) is 20.0. The second-order valence-corrected chi connectivity index (χ2v) is 9.12. The maximum atomic E-state index is 13.3. The minimum Gasteiger partial charge on any atom is -0.468 e. The first kappa shape index (κ1) is 24.9. The first-order valence-corrected chi connectivity index (χ1v) is 12.5. The maximum absolute atomic E-state index is 13.3. The summed E-state index contributed by atoms with van der Waals surface area (Å²) in [5, 5.41) is 19.7. The van der Waals surface area contributed by atoms with E-state index in [1.54, 1.807) is 31.2 Å². The molecule has 4 rings (SSSR count). The summed E-state index contributed by atoms with van der Waals surface area (Å²) in [6.07, 6.45) is 2.32. The minimum atomic E-state index is -0.707. The number of thioether (sulfide) groups is 1. The number of hydrogen-bond acceptors (Lipinski definition) is 6. The number of carbonyl (C=O) groups is 2. The molecule has 0 saturated carbocycles. The largest absolute Gasteiger partial charge is 0.468 e. The number of nitriles is 1. The summed E-state index contributed by atoms with van der Waals surface area (Å²) in [6, 6.07) is 22.5. The number of hydrogen-bond donors (Lipinski definition) is 3. The van der Waals surface area contributed by atoms with Gasteiger partial charge in [0.1, 0.15) is 5.76 Å². The van der Waals surface area contributed by atoms with Gasteiger partial charge < -0.3 is 20.4 Å². The molecule has 3 aromatic rings. The Hall–Kier alpha value is -4.22. The van der Waals surface area contributed by atoms with Crippen LogP contribution in [0.1, 0.15) is 31.1 Å². The quantitative estimate of drug-likeness (QED) is 0.376. The fourth-order valence-corrected chi connectivity index (χ4v) is 4.95. The number of carbonyl (C=O) groups excluding carboxylic acids is 2. The lowest BCUT2D eigenvalue weighted by molar-refractivity contribution is -0.114. The van der Waals surface area contributed by atoms with Gasteiger partial charge in [0, 0.05) is 17.1 Å². The van der Waals surface area contributed by atoms with Crippen molar-refractivity contribution in [1.29, 1.82) is 5.26 Å². The number of benzene rings is 2. The van der Waals surface area contributed by atoms with Crippen LogP contribution in [0.2, 0.25) is 0 Å². The standard InChI is InChI=1S/C28H26N4O3S/c1-3-19-10-7-8-13-22(19)32-24(33)17-36-28-21(16-29)26(23-14-9-15-35-23)25(18(2)30-28)27(34)31-20-11-5-4-6-12-20/h4-15,26,30H,3,17H2,1-2H3,(H,31,34)(H,32,33)/t26-/m1/s1. The molecule has 0 unspecified atom stereocenters. The number of anilines is 2. The van der Waals surface area contributed by atoms with Gasteiger partial charge in [-0.1, -0.05) is 55.1 Å². The fourth-order valence-electron chi connectivity index (χ4n) is 4.06. The summed E-state index contributed by atoms with van der Waals surface area (Å²) in [7, 11) is 0. The molecule has 0 radical (unpaired) electrons. The van der Waals surface area contributed by atoms with Crippen molar-refractivity contribution in [1.82, 2.24) is 5.32 Å². The normalized spacial score (nSPS) is 15.2. The van der Waals surface area contributed by atoms with Crippen LogP contribution in [0.25, 0.3) is 0 Å². The van der Waals surface area contributed by atoms with Gasteiger partial charge in [-0.3, -0.25) is 9.59 Å². The third-order valence-corrected chi connectivity index (χ3v) is 6.79. The number of aryl methyl sites for hydroxylation is 1. The SMILES string of the molecule is CCc1ccccc1NC(=O)CSC1=C(C#N)[C@H](c2ccco2)C(C(=O)Nc2ccccc2)=C(C)N1. The van der Waals surface area contributed by atoms with Crippen LogP contribution in [0.15, 0.2) is 99.3 Å². The van der Waals surface area contributed by atoms with Crippen LogP contribution in [0.4, 0.5) is 11.4 Å². The number of dihydropyridines is 1. The Morgan fingerprint density at radius 2 is 1.81 bits per heavy atom. The average molecular weight is 499 g/mol. The number of nitrogens with zero attached hydrogens (tertiary/aromatic N) is 1. The molecule has 0 fully saturated rings. The van der Waals surface area contributed by atoms with E-state index in [0.29, 0.717) is 33.3 Å². The van der Waals surface area contributed by atoms with Gasteiger partial charge in [0.25, 0.3) is 5.91 Å². The molecule has 3 N–H and O–H groups in total. The van der Waals surface area contributed by atoms with Crippen LogP contribution in [-0.2, 0) is 16.0 Å². The molecule has 36 heavy (non-hydrogen) atoms. The van der Waals surface area contributed by atoms with E-state index in [-0.39, 0.29) is 17.6 Å². The number of amides is 2. The molecule has 2 heterocycles. The second-order valence-electron chi connectivity index (χ2n) is 8.13. The second kappa shape index (κ2) is 11.5. The molecule has 0 bridgehead atoms. The molecule has 8 heteroatoms. The molecule has 0 aliphatic carbocycles. The highest BCUT2D eigenvalue weighted by molar-refractivity contribution is 8.03. The van der Waals surface area contributed by atoms with E-state index in [4.69, 9.17) is 4.42 Å². The smallest absolute Gasteiger partial charge is 0.254 e. The monoisotopic (exact) mass is 498 g/mol. The molecule has 2 aromatic carbocycles. The van der Waals surface area contributed by atoms with Crippen molar-refractivity contribution in [3.8, 4) is 6.07 Å². The van der Waals surface area contributed by atoms with Crippen molar-refractivity contribution in [2.24, 2.45) is 0 Å². The average Bonchev–Trinajstić information content (AvgIpc) is 3.42. The van der Waals surface area contributed by atoms with Crippen LogP contribution in [0, 0.1) is 11.3 Å². The van der Waals surface area contributed by atoms with Crippen molar-refractivity contribution in [3.05, 3.63) is 106 Å². The lowest BCUT2D eigenvalue weighted by atomic mass is 9.85. The van der Waals surface area contributed by atoms with Gasteiger partial charge in [0.05, 0.1) is 40.2 Å². The van der Waals surface area contributed by atoms with E-state index in [9.17, 15) is 14.9 Å². The van der Waals surface area contributed by atoms with Crippen molar-refractivity contribution in [2.45, 2.75) is 26.2 Å². The Labute approximate surface area is 214 Å². The lowest BCUT2D eigenvalue weighted by Crippen LogP contribution is -2.31. The molecule has 182 valence electrons. The number of rotatable bonds is 8. The van der Waals surface area contributed by atoms with Crippen molar-refractivity contribution < 1.29 is 14.0 Å². The van der Waals surface area contributed by atoms with Crippen molar-refractivity contribution in [3.63, 3.8) is 0 Å². The summed E-state index contributed by atoms with van der Waals surface area (Å²) in [4.78, 5) is 26.1. The van der Waals surface area contributed by atoms with Gasteiger partial charge in [-0.2, -0.15) is 5.26 Å². The third kappa shape index (κ3) is 5.53. The zero-order valence-corrected chi connectivity index (χ0v) is 20.8. The highest BCUT2D eigenvalue weighted by Crippen LogP contribution is 2.41. The van der Waals surface area contributed by atoms with Gasteiger partial charge in [-0.25, -0.2) is 0 Å². The predicted octanol–water partition coefficient (Wildman–Crippen LogP) is 5.55. The molecule has 0 saturated heterocycles. The van der Waals surface area contributed by atoms with Crippen LogP contribution in [-0.4, -0.2) is 17.6 Å². The van der Waals surface area contributed by atoms with Crippen LogP contribution < -0.4 is 16.0 Å². The highest BCUT2D eigenvalue weighted by Gasteiger charge is 2.36. The Kier molecular flexibility index (Phi) is 7.93. The highest BCUT2D eigenvalue weighted by atomic mass is 32.2. The van der Waals surface area contributed by atoms with Gasteiger partial charge in [-0.05, 0) is 49.2 Å². The Morgan fingerprint density at radius 1 is 1.06 bits per heavy atom. The van der Waals surface area contributed by atoms with E-state index in [0.717, 1.165) is 17.7 Å². The van der Waals surface area contributed by atoms with Crippen LogP contribution >= 0.6 is 11.8 Å². The van der Waals surface area contributed by atoms with Crippen LogP contribution in [0.3, 0.4) is 0 Å². The molecule has 1 aliphatic heterocycles. The van der Waals surface area contributed by atoms with Gasteiger partial charge in [0.2, 0.25) is 5.91 Å². The molecule has 2 amide bonds. The Bertz CT molecular complexity index is 1350. The summed E-state index contributed by atoms with van der Waals surface area (Å²) in [6.45, 7) is 3.81. The molecule has 7 nitrogen and oxygen atoms in total. The number of nitrogens with one attached hydrogen (secondary N) is 3. The Balaban J connectivity index is 1.58. The summed E-state index contributed by atoms with van der Waals surface area (Å²) in [5.41, 5.74) is 3.77. The van der Waals surface area contributed by atoms with E-state index >= 15 is 0 Å². The molecule has 0 spiro atoms. The Morgan fingerprint density at radius 3 is 2.50 bits per heavy atom. The first-order valence-electron chi connectivity index (χ1n) is 11.5. The van der Waals surface area contributed by atoms with Gasteiger partial charge >= 0.3 is 0 Å². The van der Waals surface area contributed by atoms with Crippen molar-refractivity contribution in [2.75, 3.05) is 16.4 Å². The van der Waals surface area contributed by atoms with E-state index < -0.39 is 5.92 Å². The van der Waals surface area contributed by atoms with E-state index in [1.165, 1.54) is 18.0 Å². The summed E-state index contributed by atoms with van der Waals surface area (Å²) < 4.78 is 5.65. The fraction of sp³-hybridized carbons (Fsp3) is 0.179. The lowest BCUT2D eigenvalue weighted by Gasteiger charge is -2.28. The summed E-state index contributed by atoms with van der Waals surface area (Å²) in [5.74, 6) is -0.657. The predicted molar refractivity (Wildman–Crippen MR) is 142 cm³/mol. The molecular formula is C28H26N4O3S. The number of para-hydroxylation sites is 2. The molecule has 1 aromatic heterocycles. The number of furan rings is 1. The maximum Gasteiger partial charge on any atom is 0.254 e. The first-order chi connectivity index (χ1) is 17.5. The molecule has 1 aliphatic rings. The molecular weight excluding hydrogens is 472 g/mol. The van der Waals surface area contributed by atoms with E-state index in [1.807, 2.05) is 49.4 Å². The van der Waals surface area contributed by atoms with Gasteiger partial charge in [-0.15, -0.1) is 0 Å². The third-order valence-electron chi connectivity index (χ3n) is 5.77. The minimum absolute atomic E-state index is 0.0925. The number of allylic oxidation sites excluding steroid dienone is 2. The summed E-state index contributed by atoms with van der Waals surface area (Å²) >= 11 is 1.22. The van der Waals surface area contributed by atoms with Gasteiger partial charge in [0.15, 0.2) is 0 Å². The van der Waals surface area contributed by atoms with Crippen LogP contribution in [0.5, 0.6) is 0 Å². The topological polar surface area (TPSA) is 107 Å². The zero-order chi connectivity index (χ0) is 25.5. The van der Waals surface area contributed by atoms with Crippen molar-refractivity contribution >= 4 is 35.0 Å². The molecule has 1 atom stereocenters.